The van der Waals surface area contributed by atoms with Gasteiger partial charge < -0.3 is 9.88 Å². The Morgan fingerprint density at radius 1 is 1.05 bits per heavy atom. The molecule has 0 aliphatic carbocycles. The number of nitrogens with one attached hydrogen (secondary N) is 1. The molecule has 2 heteroatoms. The second kappa shape index (κ2) is 8.04. The van der Waals surface area contributed by atoms with Crippen LogP contribution in [0.2, 0.25) is 0 Å². The zero-order valence-electron chi connectivity index (χ0n) is 13.5. The van der Waals surface area contributed by atoms with E-state index in [2.05, 4.69) is 72.5 Å². The fourth-order valence-electron chi connectivity index (χ4n) is 2.94. The van der Waals surface area contributed by atoms with Gasteiger partial charge in [-0.1, -0.05) is 44.2 Å². The first kappa shape index (κ1) is 15.8. The molecule has 2 nitrogen and oxygen atoms in total. The minimum Gasteiger partial charge on any atom is -0.354 e. The minimum atomic E-state index is 0.454. The first-order chi connectivity index (χ1) is 10.2. The molecule has 0 amide bonds. The molecule has 1 heterocycles. The summed E-state index contributed by atoms with van der Waals surface area (Å²) in [7, 11) is 2.04. The van der Waals surface area contributed by atoms with Crippen molar-refractivity contribution < 1.29 is 0 Å². The summed E-state index contributed by atoms with van der Waals surface area (Å²) in [4.78, 5) is 0. The van der Waals surface area contributed by atoms with Gasteiger partial charge >= 0.3 is 0 Å². The van der Waals surface area contributed by atoms with Crippen molar-refractivity contribution in [2.45, 2.75) is 45.7 Å². The second-order valence-electron chi connectivity index (χ2n) is 6.14. The normalized spacial score (nSPS) is 12.8. The van der Waals surface area contributed by atoms with E-state index in [0.29, 0.717) is 12.0 Å². The van der Waals surface area contributed by atoms with Gasteiger partial charge in [0.05, 0.1) is 0 Å². The van der Waals surface area contributed by atoms with Crippen molar-refractivity contribution in [1.29, 1.82) is 0 Å². The van der Waals surface area contributed by atoms with Crippen molar-refractivity contribution in [3.63, 3.8) is 0 Å². The maximum Gasteiger partial charge on any atom is 0.0355 e. The van der Waals surface area contributed by atoms with Crippen LogP contribution in [0.5, 0.6) is 0 Å². The first-order valence-corrected chi connectivity index (χ1v) is 8.07. The molecule has 21 heavy (non-hydrogen) atoms. The summed E-state index contributed by atoms with van der Waals surface area (Å²) in [6.07, 6.45) is 8.17. The van der Waals surface area contributed by atoms with Crippen LogP contribution in [0.25, 0.3) is 0 Å². The third-order valence-electron chi connectivity index (χ3n) is 4.08. The number of nitrogens with zero attached hydrogens (tertiary/aromatic N) is 1. The molecule has 0 radical (unpaired) electrons. The van der Waals surface area contributed by atoms with Crippen LogP contribution in [0.4, 0.5) is 0 Å². The number of unbranched alkanes of at least 4 members (excludes halogenated alkanes) is 1. The largest absolute Gasteiger partial charge is 0.354 e. The average Bonchev–Trinajstić information content (AvgIpc) is 2.94. The molecule has 114 valence electrons. The molecule has 0 saturated heterocycles. The zero-order chi connectivity index (χ0) is 15.1. The topological polar surface area (TPSA) is 17.0 Å². The molecule has 0 spiro atoms. The standard InChI is InChI=1S/C19H28N2/c1-16(2)19(20-3)18-12-14-21(15-18)13-8-7-11-17-9-5-4-6-10-17/h4-6,9-10,12,14-16,19-20H,7-8,11,13H2,1-3H3. The van der Waals surface area contributed by atoms with Gasteiger partial charge in [-0.25, -0.2) is 0 Å². The smallest absolute Gasteiger partial charge is 0.0355 e. The van der Waals surface area contributed by atoms with E-state index in [1.807, 2.05) is 7.05 Å². The van der Waals surface area contributed by atoms with Crippen LogP contribution in [-0.4, -0.2) is 11.6 Å². The van der Waals surface area contributed by atoms with Gasteiger partial charge in [0.2, 0.25) is 0 Å². The Morgan fingerprint density at radius 2 is 1.81 bits per heavy atom. The number of hydrogen-bond donors (Lipinski definition) is 1. The molecule has 0 saturated carbocycles. The lowest BCUT2D eigenvalue weighted by atomic mass is 9.99. The summed E-state index contributed by atoms with van der Waals surface area (Å²) in [6.45, 7) is 5.64. The van der Waals surface area contributed by atoms with Gasteiger partial charge in [0.25, 0.3) is 0 Å². The van der Waals surface area contributed by atoms with Gasteiger partial charge in [-0.15, -0.1) is 0 Å². The number of hydrogen-bond acceptors (Lipinski definition) is 1. The Bertz CT molecular complexity index is 513. The lowest BCUT2D eigenvalue weighted by Gasteiger charge is -2.18. The van der Waals surface area contributed by atoms with Crippen molar-refractivity contribution in [3.8, 4) is 0 Å². The number of rotatable bonds is 8. The van der Waals surface area contributed by atoms with E-state index in [4.69, 9.17) is 0 Å². The van der Waals surface area contributed by atoms with Crippen LogP contribution in [-0.2, 0) is 13.0 Å². The molecule has 2 rings (SSSR count). The summed E-state index contributed by atoms with van der Waals surface area (Å²) in [5.41, 5.74) is 2.84. The number of aromatic nitrogens is 1. The van der Waals surface area contributed by atoms with Gasteiger partial charge in [-0.2, -0.15) is 0 Å². The van der Waals surface area contributed by atoms with E-state index in [1.165, 1.54) is 30.4 Å². The van der Waals surface area contributed by atoms with Crippen molar-refractivity contribution in [3.05, 3.63) is 59.9 Å². The summed E-state index contributed by atoms with van der Waals surface area (Å²) >= 11 is 0. The van der Waals surface area contributed by atoms with E-state index >= 15 is 0 Å². The molecule has 0 aliphatic heterocycles. The molecule has 0 aliphatic rings. The fourth-order valence-corrected chi connectivity index (χ4v) is 2.94. The lowest BCUT2D eigenvalue weighted by molar-refractivity contribution is 0.442. The predicted molar refractivity (Wildman–Crippen MR) is 90.5 cm³/mol. The molecule has 1 aromatic carbocycles. The SMILES string of the molecule is CNC(c1ccn(CCCCc2ccccc2)c1)C(C)C. The summed E-state index contributed by atoms with van der Waals surface area (Å²) in [5, 5.41) is 3.41. The molecule has 1 N–H and O–H groups in total. The molecule has 0 bridgehead atoms. The average molecular weight is 284 g/mol. The number of aryl methyl sites for hydroxylation is 2. The highest BCUT2D eigenvalue weighted by Gasteiger charge is 2.14. The van der Waals surface area contributed by atoms with E-state index in [1.54, 1.807) is 0 Å². The van der Waals surface area contributed by atoms with Crippen molar-refractivity contribution in [1.82, 2.24) is 9.88 Å². The minimum absolute atomic E-state index is 0.454. The molecule has 1 aromatic heterocycles. The van der Waals surface area contributed by atoms with Crippen molar-refractivity contribution in [2.75, 3.05) is 7.05 Å². The van der Waals surface area contributed by atoms with Gasteiger partial charge in [0, 0.05) is 25.0 Å². The first-order valence-electron chi connectivity index (χ1n) is 8.07. The third-order valence-corrected chi connectivity index (χ3v) is 4.08. The molecular formula is C19H28N2. The Labute approximate surface area is 129 Å². The van der Waals surface area contributed by atoms with Gasteiger partial charge in [-0.05, 0) is 49.4 Å². The van der Waals surface area contributed by atoms with E-state index in [0.717, 1.165) is 6.54 Å². The Kier molecular flexibility index (Phi) is 6.06. The van der Waals surface area contributed by atoms with Gasteiger partial charge in [-0.3, -0.25) is 0 Å². The Hall–Kier alpha value is -1.54. The van der Waals surface area contributed by atoms with Gasteiger partial charge in [0.1, 0.15) is 0 Å². The van der Waals surface area contributed by atoms with E-state index in [9.17, 15) is 0 Å². The monoisotopic (exact) mass is 284 g/mol. The summed E-state index contributed by atoms with van der Waals surface area (Å²) in [5.74, 6) is 0.615. The van der Waals surface area contributed by atoms with Crippen LogP contribution in [0.1, 0.15) is 43.9 Å². The van der Waals surface area contributed by atoms with Crippen LogP contribution in [0, 0.1) is 5.92 Å². The summed E-state index contributed by atoms with van der Waals surface area (Å²) in [6, 6.07) is 13.5. The molecule has 2 aromatic rings. The van der Waals surface area contributed by atoms with Crippen molar-refractivity contribution in [2.24, 2.45) is 5.92 Å². The third kappa shape index (κ3) is 4.75. The highest BCUT2D eigenvalue weighted by Crippen LogP contribution is 2.21. The van der Waals surface area contributed by atoms with Crippen molar-refractivity contribution >= 4 is 0 Å². The highest BCUT2D eigenvalue weighted by molar-refractivity contribution is 5.16. The summed E-state index contributed by atoms with van der Waals surface area (Å²) < 4.78 is 2.33. The molecule has 1 atom stereocenters. The predicted octanol–water partition coefficient (Wildman–Crippen LogP) is 4.43. The van der Waals surface area contributed by atoms with Crippen LogP contribution in [0.3, 0.4) is 0 Å². The fraction of sp³-hybridized carbons (Fsp3) is 0.474. The Morgan fingerprint density at radius 3 is 2.48 bits per heavy atom. The van der Waals surface area contributed by atoms with Crippen LogP contribution in [0.15, 0.2) is 48.8 Å². The zero-order valence-corrected chi connectivity index (χ0v) is 13.5. The maximum absolute atomic E-state index is 3.41. The quantitative estimate of drug-likeness (QED) is 0.710. The van der Waals surface area contributed by atoms with Crippen LogP contribution < -0.4 is 5.32 Å². The lowest BCUT2D eigenvalue weighted by Crippen LogP contribution is -2.21. The maximum atomic E-state index is 3.41. The molecule has 1 unspecified atom stereocenters. The second-order valence-corrected chi connectivity index (χ2v) is 6.14. The molecule has 0 fully saturated rings. The van der Waals surface area contributed by atoms with E-state index in [-0.39, 0.29) is 0 Å². The van der Waals surface area contributed by atoms with E-state index < -0.39 is 0 Å². The van der Waals surface area contributed by atoms with Crippen LogP contribution >= 0.6 is 0 Å². The molecular weight excluding hydrogens is 256 g/mol. The number of benzene rings is 1. The van der Waals surface area contributed by atoms with Gasteiger partial charge in [0.15, 0.2) is 0 Å². The highest BCUT2D eigenvalue weighted by atomic mass is 15.0. The Balaban J connectivity index is 1.78.